The molecule has 0 spiro atoms. The molecule has 0 fully saturated rings. The van der Waals surface area contributed by atoms with Crippen LogP contribution in [0.5, 0.6) is 0 Å². The summed E-state index contributed by atoms with van der Waals surface area (Å²) in [4.78, 5) is 4.96. The van der Waals surface area contributed by atoms with Crippen LogP contribution in [0, 0.1) is 0 Å². The van der Waals surface area contributed by atoms with Gasteiger partial charge in [0.25, 0.3) is 0 Å². The Balaban J connectivity index is 0.917. The number of hydrogen-bond acceptors (Lipinski definition) is 4. The van der Waals surface area contributed by atoms with Gasteiger partial charge in [0.15, 0.2) is 0 Å². The largest absolute Gasteiger partial charge is 0.456 e. The molecule has 6 heteroatoms. The minimum Gasteiger partial charge on any atom is -0.456 e. The molecular weight excluding hydrogens is 981 g/mol. The number of nitrogens with zero attached hydrogens (tertiary/aromatic N) is 2. The fourth-order valence-corrected chi connectivity index (χ4v) is 16.3. The lowest BCUT2D eigenvalue weighted by molar-refractivity contribution is 0.590. The molecule has 0 amide bonds. The molecule has 11 aromatic carbocycles. The number of hydrogen-bond donors (Lipinski definition) is 0. The van der Waals surface area contributed by atoms with Crippen LogP contribution in [0.2, 0.25) is 39.3 Å². The van der Waals surface area contributed by atoms with E-state index in [0.717, 1.165) is 77.4 Å². The smallest absolute Gasteiger partial charge is 0.139 e. The molecule has 13 aromatic rings. The first-order valence-electron chi connectivity index (χ1n) is 27.7. The van der Waals surface area contributed by atoms with Crippen molar-refractivity contribution in [1.82, 2.24) is 0 Å². The molecule has 2 heterocycles. The van der Waals surface area contributed by atoms with Gasteiger partial charge in [0.1, 0.15) is 22.3 Å². The highest BCUT2D eigenvalue weighted by molar-refractivity contribution is 6.92. The van der Waals surface area contributed by atoms with E-state index >= 15 is 0 Å². The van der Waals surface area contributed by atoms with Gasteiger partial charge in [0.05, 0.1) is 16.1 Å². The molecule has 0 N–H and O–H groups in total. The van der Waals surface area contributed by atoms with Gasteiger partial charge in [-0.15, -0.1) is 0 Å². The van der Waals surface area contributed by atoms with Crippen LogP contribution in [-0.2, 0) is 10.8 Å². The zero-order chi connectivity index (χ0) is 54.2. The van der Waals surface area contributed by atoms with E-state index in [-0.39, 0.29) is 10.8 Å². The molecule has 2 aromatic heterocycles. The van der Waals surface area contributed by atoms with Crippen molar-refractivity contribution >= 4 is 148 Å². The van der Waals surface area contributed by atoms with Gasteiger partial charge in [0, 0.05) is 61.7 Å². The summed E-state index contributed by atoms with van der Waals surface area (Å²) in [7, 11) is -3.77. The first kappa shape index (κ1) is 49.7. The number of furan rings is 2. The number of rotatable bonds is 8. The summed E-state index contributed by atoms with van der Waals surface area (Å²) in [6, 6.07) is 72.7. The molecule has 78 heavy (non-hydrogen) atoms. The van der Waals surface area contributed by atoms with E-state index in [1.54, 1.807) is 0 Å². The average Bonchev–Trinajstić information content (AvgIpc) is 4.10. The van der Waals surface area contributed by atoms with Gasteiger partial charge >= 0.3 is 0 Å². The zero-order valence-electron chi connectivity index (χ0n) is 47.2. The Hall–Kier alpha value is -7.91. The van der Waals surface area contributed by atoms with Gasteiger partial charge in [-0.25, -0.2) is 0 Å². The molecular formula is C72H68N2O2Si2. The molecule has 13 rings (SSSR count). The van der Waals surface area contributed by atoms with Crippen molar-refractivity contribution in [3.63, 3.8) is 0 Å². The van der Waals surface area contributed by atoms with E-state index in [0.29, 0.717) is 0 Å². The van der Waals surface area contributed by atoms with E-state index in [2.05, 4.69) is 285 Å². The highest BCUT2D eigenvalue weighted by Crippen LogP contribution is 2.44. The average molecular weight is 1050 g/mol. The zero-order valence-corrected chi connectivity index (χ0v) is 49.2. The van der Waals surface area contributed by atoms with Gasteiger partial charge in [0.2, 0.25) is 0 Å². The number of fused-ring (bicyclic) bond motifs is 10. The van der Waals surface area contributed by atoms with Crippen LogP contribution in [-0.4, -0.2) is 16.1 Å². The van der Waals surface area contributed by atoms with Crippen molar-refractivity contribution in [1.29, 1.82) is 0 Å². The van der Waals surface area contributed by atoms with E-state index in [1.807, 2.05) is 0 Å². The highest BCUT2D eigenvalue weighted by Gasteiger charge is 2.30. The summed E-state index contributed by atoms with van der Waals surface area (Å²) in [5.74, 6) is 0. The van der Waals surface area contributed by atoms with E-state index < -0.39 is 16.1 Å². The van der Waals surface area contributed by atoms with E-state index in [4.69, 9.17) is 8.83 Å². The van der Waals surface area contributed by atoms with Crippen LogP contribution < -0.4 is 20.2 Å². The van der Waals surface area contributed by atoms with Crippen LogP contribution in [0.4, 0.5) is 34.1 Å². The molecule has 0 aliphatic carbocycles. The quantitative estimate of drug-likeness (QED) is 0.142. The molecule has 0 unspecified atom stereocenters. The van der Waals surface area contributed by atoms with Crippen molar-refractivity contribution in [2.45, 2.75) is 91.7 Å². The third-order valence-electron chi connectivity index (χ3n) is 16.2. The van der Waals surface area contributed by atoms with Crippen LogP contribution >= 0.6 is 0 Å². The maximum atomic E-state index is 6.81. The molecule has 386 valence electrons. The Morgan fingerprint density at radius 1 is 0.295 bits per heavy atom. The van der Waals surface area contributed by atoms with Crippen molar-refractivity contribution in [3.05, 3.63) is 205 Å². The Morgan fingerprint density at radius 2 is 0.641 bits per heavy atom. The third kappa shape index (κ3) is 8.48. The molecule has 0 atom stereocenters. The second kappa shape index (κ2) is 17.8. The van der Waals surface area contributed by atoms with E-state index in [9.17, 15) is 0 Å². The molecule has 0 saturated carbocycles. The van der Waals surface area contributed by atoms with Gasteiger partial charge in [-0.2, -0.15) is 0 Å². The summed E-state index contributed by atoms with van der Waals surface area (Å²) in [6.45, 7) is 28.5. The summed E-state index contributed by atoms with van der Waals surface area (Å²) in [5.41, 5.74) is 13.1. The molecule has 0 saturated heterocycles. The Morgan fingerprint density at radius 3 is 1.03 bits per heavy atom. The predicted octanol–water partition coefficient (Wildman–Crippen LogP) is 20.7. The Bertz CT molecular complexity index is 4250. The first-order chi connectivity index (χ1) is 37.2. The van der Waals surface area contributed by atoms with Gasteiger partial charge in [-0.1, -0.05) is 178 Å². The van der Waals surface area contributed by atoms with Crippen LogP contribution in [0.25, 0.3) is 87.0 Å². The maximum absolute atomic E-state index is 6.81. The van der Waals surface area contributed by atoms with Crippen molar-refractivity contribution in [2.24, 2.45) is 0 Å². The van der Waals surface area contributed by atoms with Gasteiger partial charge in [-0.3, -0.25) is 0 Å². The fourth-order valence-electron chi connectivity index (χ4n) is 12.3. The summed E-state index contributed by atoms with van der Waals surface area (Å²) in [6.07, 6.45) is 0. The van der Waals surface area contributed by atoms with Gasteiger partial charge < -0.3 is 18.6 Å². The number of benzene rings is 11. The fraction of sp³-hybridized carbons (Fsp3) is 0.194. The SMILES string of the molecule is CC(C)(C)c1ccc(N(c2ccc3cc4c(cc3c2)oc2cc3oc5cc6cc(N(c7ccc(C(C)(C)C)cc7)c7ccc8ccccc8c7[Si](C)(C)C)ccc6cc5c3cc24)c2ccc3ccccc3c2[Si](C)(C)C)cc1. The summed E-state index contributed by atoms with van der Waals surface area (Å²) >= 11 is 0. The molecule has 0 aliphatic rings. The summed E-state index contributed by atoms with van der Waals surface area (Å²) < 4.78 is 13.6. The molecule has 0 aliphatic heterocycles. The molecule has 4 nitrogen and oxygen atoms in total. The topological polar surface area (TPSA) is 32.8 Å². The maximum Gasteiger partial charge on any atom is 0.139 e. The predicted molar refractivity (Wildman–Crippen MR) is 344 cm³/mol. The van der Waals surface area contributed by atoms with Crippen LogP contribution in [0.3, 0.4) is 0 Å². The van der Waals surface area contributed by atoms with E-state index in [1.165, 1.54) is 65.2 Å². The monoisotopic (exact) mass is 1050 g/mol. The second-order valence-electron chi connectivity index (χ2n) is 25.9. The van der Waals surface area contributed by atoms with Gasteiger partial charge in [-0.05, 0) is 166 Å². The normalized spacial score (nSPS) is 12.9. The number of anilines is 6. The second-order valence-corrected chi connectivity index (χ2v) is 35.9. The van der Waals surface area contributed by atoms with Crippen molar-refractivity contribution < 1.29 is 8.83 Å². The Labute approximate surface area is 460 Å². The lowest BCUT2D eigenvalue weighted by Crippen LogP contribution is -2.41. The Kier molecular flexibility index (Phi) is 11.3. The van der Waals surface area contributed by atoms with Crippen LogP contribution in [0.15, 0.2) is 203 Å². The molecule has 0 radical (unpaired) electrons. The van der Waals surface area contributed by atoms with Crippen LogP contribution in [0.1, 0.15) is 52.7 Å². The minimum atomic E-state index is -1.88. The minimum absolute atomic E-state index is 0.0482. The summed E-state index contributed by atoms with van der Waals surface area (Å²) in [5, 5.41) is 17.1. The lowest BCUT2D eigenvalue weighted by atomic mass is 9.87. The third-order valence-corrected chi connectivity index (χ3v) is 20.3. The standard InChI is InChI=1S/C72H68N2O2Si2/c1-71(2,3)51-25-31-53(32-26-51)73(63-35-23-45-17-13-15-19-57(45)69(63)77(7,8)9)55-29-21-47-39-59-61-43-62-60-40-48-22-30-56(38-50(48)42-66(60)76-68(62)44-67(61)75-65(59)41-49(47)37-55)74(54-33-27-52(28-34-54)72(4,5)6)64-36-24-46-18-14-16-20-58(46)70(64)78(10,11)12/h13-44H,1-12H3. The highest BCUT2D eigenvalue weighted by atomic mass is 28.3. The lowest BCUT2D eigenvalue weighted by Gasteiger charge is -2.33. The van der Waals surface area contributed by atoms with Crippen molar-refractivity contribution in [2.75, 3.05) is 9.80 Å². The first-order valence-corrected chi connectivity index (χ1v) is 34.7. The van der Waals surface area contributed by atoms with Crippen molar-refractivity contribution in [3.8, 4) is 0 Å². The molecule has 0 bridgehead atoms.